The number of amides is 1. The first-order valence-electron chi connectivity index (χ1n) is 9.76. The minimum Gasteiger partial charge on any atom is -0.491 e. The van der Waals surface area contributed by atoms with E-state index in [1.165, 1.54) is 0 Å². The highest BCUT2D eigenvalue weighted by atomic mass is 16.5. The predicted molar refractivity (Wildman–Crippen MR) is 117 cm³/mol. The number of carbonyl (C=O) groups is 1. The SMILES string of the molecule is CCC(C)Oc1cccc(NC(=O)CNc2ccc(Oc3ccccc3)cc2)c1. The highest BCUT2D eigenvalue weighted by molar-refractivity contribution is 5.93. The van der Waals surface area contributed by atoms with E-state index in [-0.39, 0.29) is 18.6 Å². The number of benzene rings is 3. The van der Waals surface area contributed by atoms with E-state index in [9.17, 15) is 4.79 Å². The first-order chi connectivity index (χ1) is 14.1. The molecule has 0 aliphatic carbocycles. The molecule has 1 unspecified atom stereocenters. The Balaban J connectivity index is 1.48. The molecule has 2 N–H and O–H groups in total. The maximum atomic E-state index is 12.2. The van der Waals surface area contributed by atoms with E-state index < -0.39 is 0 Å². The molecule has 0 aliphatic heterocycles. The van der Waals surface area contributed by atoms with Crippen molar-refractivity contribution in [1.82, 2.24) is 0 Å². The average Bonchev–Trinajstić information content (AvgIpc) is 2.74. The average molecular weight is 390 g/mol. The third-order valence-electron chi connectivity index (χ3n) is 4.32. The number of rotatable bonds is 9. The van der Waals surface area contributed by atoms with Crippen molar-refractivity contribution in [3.05, 3.63) is 78.9 Å². The molecule has 3 aromatic rings. The van der Waals surface area contributed by atoms with Crippen molar-refractivity contribution >= 4 is 17.3 Å². The van der Waals surface area contributed by atoms with Crippen LogP contribution in [0.15, 0.2) is 78.9 Å². The van der Waals surface area contributed by atoms with Gasteiger partial charge in [0.05, 0.1) is 12.6 Å². The molecule has 5 heteroatoms. The molecule has 0 bridgehead atoms. The lowest BCUT2D eigenvalue weighted by atomic mass is 10.2. The van der Waals surface area contributed by atoms with Crippen molar-refractivity contribution in [3.8, 4) is 17.2 Å². The summed E-state index contributed by atoms with van der Waals surface area (Å²) < 4.78 is 11.6. The van der Waals surface area contributed by atoms with Crippen LogP contribution in [0.1, 0.15) is 20.3 Å². The Labute approximate surface area is 171 Å². The second kappa shape index (κ2) is 10.2. The molecule has 0 aliphatic rings. The lowest BCUT2D eigenvalue weighted by Crippen LogP contribution is -2.21. The van der Waals surface area contributed by atoms with Crippen LogP contribution >= 0.6 is 0 Å². The molecule has 1 amide bonds. The summed E-state index contributed by atoms with van der Waals surface area (Å²) in [4.78, 5) is 12.2. The van der Waals surface area contributed by atoms with Crippen LogP contribution in [-0.2, 0) is 4.79 Å². The molecule has 29 heavy (non-hydrogen) atoms. The molecular formula is C24H26N2O3. The first-order valence-corrected chi connectivity index (χ1v) is 9.76. The summed E-state index contributed by atoms with van der Waals surface area (Å²) in [6, 6.07) is 24.5. The Morgan fingerprint density at radius 1 is 0.862 bits per heavy atom. The molecule has 0 saturated heterocycles. The summed E-state index contributed by atoms with van der Waals surface area (Å²) in [5.74, 6) is 2.14. The second-order valence-electron chi connectivity index (χ2n) is 6.71. The van der Waals surface area contributed by atoms with Crippen molar-refractivity contribution in [2.75, 3.05) is 17.2 Å². The highest BCUT2D eigenvalue weighted by Crippen LogP contribution is 2.23. The van der Waals surface area contributed by atoms with Gasteiger partial charge in [-0.25, -0.2) is 0 Å². The van der Waals surface area contributed by atoms with E-state index in [4.69, 9.17) is 9.47 Å². The summed E-state index contributed by atoms with van der Waals surface area (Å²) in [6.45, 7) is 4.25. The summed E-state index contributed by atoms with van der Waals surface area (Å²) >= 11 is 0. The summed E-state index contributed by atoms with van der Waals surface area (Å²) in [5.41, 5.74) is 1.55. The minimum atomic E-state index is -0.129. The Hall–Kier alpha value is -3.47. The predicted octanol–water partition coefficient (Wildman–Crippen LogP) is 5.71. The van der Waals surface area contributed by atoms with E-state index >= 15 is 0 Å². The van der Waals surface area contributed by atoms with Crippen LogP contribution in [-0.4, -0.2) is 18.6 Å². The maximum Gasteiger partial charge on any atom is 0.243 e. The number of para-hydroxylation sites is 1. The Bertz CT molecular complexity index is 911. The molecule has 150 valence electrons. The van der Waals surface area contributed by atoms with Gasteiger partial charge in [0.15, 0.2) is 0 Å². The van der Waals surface area contributed by atoms with E-state index in [2.05, 4.69) is 17.6 Å². The Kier molecular flexibility index (Phi) is 7.11. The Morgan fingerprint density at radius 3 is 2.28 bits per heavy atom. The van der Waals surface area contributed by atoms with Crippen LogP contribution in [0.5, 0.6) is 17.2 Å². The van der Waals surface area contributed by atoms with E-state index in [0.29, 0.717) is 5.69 Å². The van der Waals surface area contributed by atoms with Crippen molar-refractivity contribution < 1.29 is 14.3 Å². The van der Waals surface area contributed by atoms with Crippen molar-refractivity contribution in [2.24, 2.45) is 0 Å². The summed E-state index contributed by atoms with van der Waals surface area (Å²) in [5, 5.41) is 5.99. The number of anilines is 2. The molecule has 0 fully saturated rings. The zero-order valence-electron chi connectivity index (χ0n) is 16.7. The summed E-state index contributed by atoms with van der Waals surface area (Å²) in [6.07, 6.45) is 1.06. The van der Waals surface area contributed by atoms with Crippen molar-refractivity contribution in [2.45, 2.75) is 26.4 Å². The van der Waals surface area contributed by atoms with Gasteiger partial charge in [0.1, 0.15) is 17.2 Å². The zero-order valence-corrected chi connectivity index (χ0v) is 16.7. The molecule has 5 nitrogen and oxygen atoms in total. The van der Waals surface area contributed by atoms with Gasteiger partial charge in [-0.2, -0.15) is 0 Å². The Morgan fingerprint density at radius 2 is 1.55 bits per heavy atom. The molecule has 0 aromatic heterocycles. The van der Waals surface area contributed by atoms with Gasteiger partial charge in [0, 0.05) is 17.4 Å². The third kappa shape index (κ3) is 6.57. The van der Waals surface area contributed by atoms with Gasteiger partial charge in [0.2, 0.25) is 5.91 Å². The van der Waals surface area contributed by atoms with Crippen LogP contribution < -0.4 is 20.1 Å². The zero-order chi connectivity index (χ0) is 20.5. The largest absolute Gasteiger partial charge is 0.491 e. The number of hydrogen-bond acceptors (Lipinski definition) is 4. The number of hydrogen-bond donors (Lipinski definition) is 2. The topological polar surface area (TPSA) is 59.6 Å². The standard InChI is InChI=1S/C24H26N2O3/c1-3-18(2)28-23-11-7-8-20(16-23)26-24(27)17-25-19-12-14-22(15-13-19)29-21-9-5-4-6-10-21/h4-16,18,25H,3,17H2,1-2H3,(H,26,27). The molecule has 0 heterocycles. The number of ether oxygens (including phenoxy) is 2. The van der Waals surface area contributed by atoms with Gasteiger partial charge in [-0.3, -0.25) is 4.79 Å². The monoisotopic (exact) mass is 390 g/mol. The van der Waals surface area contributed by atoms with Crippen LogP contribution in [0.3, 0.4) is 0 Å². The minimum absolute atomic E-state index is 0.129. The van der Waals surface area contributed by atoms with Crippen LogP contribution in [0, 0.1) is 0 Å². The van der Waals surface area contributed by atoms with Crippen molar-refractivity contribution in [3.63, 3.8) is 0 Å². The van der Waals surface area contributed by atoms with Gasteiger partial charge in [-0.1, -0.05) is 31.2 Å². The van der Waals surface area contributed by atoms with Gasteiger partial charge in [0.25, 0.3) is 0 Å². The number of carbonyl (C=O) groups excluding carboxylic acids is 1. The first kappa shape index (κ1) is 20.3. The third-order valence-corrected chi connectivity index (χ3v) is 4.32. The molecule has 3 aromatic carbocycles. The lowest BCUT2D eigenvalue weighted by Gasteiger charge is -2.14. The van der Waals surface area contributed by atoms with Gasteiger partial charge >= 0.3 is 0 Å². The summed E-state index contributed by atoms with van der Waals surface area (Å²) in [7, 11) is 0. The smallest absolute Gasteiger partial charge is 0.243 e. The molecule has 0 radical (unpaired) electrons. The highest BCUT2D eigenvalue weighted by Gasteiger charge is 2.06. The molecule has 1 atom stereocenters. The van der Waals surface area contributed by atoms with Crippen LogP contribution in [0.2, 0.25) is 0 Å². The van der Waals surface area contributed by atoms with Crippen molar-refractivity contribution in [1.29, 1.82) is 0 Å². The fourth-order valence-electron chi connectivity index (χ4n) is 2.62. The quantitative estimate of drug-likeness (QED) is 0.491. The molecule has 3 rings (SSSR count). The fraction of sp³-hybridized carbons (Fsp3) is 0.208. The molecular weight excluding hydrogens is 364 g/mol. The lowest BCUT2D eigenvalue weighted by molar-refractivity contribution is -0.114. The number of nitrogens with one attached hydrogen (secondary N) is 2. The molecule has 0 saturated carbocycles. The van der Waals surface area contributed by atoms with E-state index in [1.807, 2.05) is 85.8 Å². The van der Waals surface area contributed by atoms with Gasteiger partial charge < -0.3 is 20.1 Å². The van der Waals surface area contributed by atoms with Gasteiger partial charge in [-0.05, 0) is 61.9 Å². The maximum absolute atomic E-state index is 12.2. The van der Waals surface area contributed by atoms with E-state index in [0.717, 1.165) is 29.4 Å². The van der Waals surface area contributed by atoms with Gasteiger partial charge in [-0.15, -0.1) is 0 Å². The molecule has 0 spiro atoms. The van der Waals surface area contributed by atoms with Crippen LogP contribution in [0.4, 0.5) is 11.4 Å². The fourth-order valence-corrected chi connectivity index (χ4v) is 2.62. The van der Waals surface area contributed by atoms with Crippen LogP contribution in [0.25, 0.3) is 0 Å². The normalized spacial score (nSPS) is 11.4. The van der Waals surface area contributed by atoms with E-state index in [1.54, 1.807) is 0 Å². The second-order valence-corrected chi connectivity index (χ2v) is 6.71.